The maximum absolute atomic E-state index is 11.9. The zero-order valence-corrected chi connectivity index (χ0v) is 13.9. The molecule has 0 aliphatic rings. The zero-order chi connectivity index (χ0) is 15.0. The van der Waals surface area contributed by atoms with Crippen LogP contribution in [0.5, 0.6) is 0 Å². The molecular weight excluding hydrogens is 398 g/mol. The van der Waals surface area contributed by atoms with Crippen LogP contribution in [-0.2, 0) is 4.79 Å². The predicted molar refractivity (Wildman–Crippen MR) is 89.5 cm³/mol. The lowest BCUT2D eigenvalue weighted by molar-refractivity contribution is -0.104. The molecule has 3 nitrogen and oxygen atoms in total. The van der Waals surface area contributed by atoms with Crippen LogP contribution in [0, 0.1) is 0 Å². The van der Waals surface area contributed by atoms with Gasteiger partial charge in [0.2, 0.25) is 5.78 Å². The molecular formula is C16H9Br2NO2. The highest BCUT2D eigenvalue weighted by Crippen LogP contribution is 2.38. The molecule has 0 saturated heterocycles. The molecule has 1 heterocycles. The van der Waals surface area contributed by atoms with Crippen molar-refractivity contribution in [2.45, 2.75) is 0 Å². The maximum atomic E-state index is 11.9. The van der Waals surface area contributed by atoms with E-state index >= 15 is 0 Å². The first kappa shape index (κ1) is 14.2. The van der Waals surface area contributed by atoms with E-state index in [2.05, 4.69) is 36.8 Å². The first-order valence-electron chi connectivity index (χ1n) is 6.17. The van der Waals surface area contributed by atoms with Gasteiger partial charge in [-0.3, -0.25) is 9.59 Å². The molecule has 5 heteroatoms. The van der Waals surface area contributed by atoms with Gasteiger partial charge in [0.25, 0.3) is 0 Å². The Kier molecular flexibility index (Phi) is 3.78. The minimum atomic E-state index is -0.562. The predicted octanol–water partition coefficient (Wildman–Crippen LogP) is 4.74. The van der Waals surface area contributed by atoms with Crippen molar-refractivity contribution in [2.24, 2.45) is 0 Å². The van der Waals surface area contributed by atoms with Crippen LogP contribution in [0.2, 0.25) is 0 Å². The van der Waals surface area contributed by atoms with Crippen LogP contribution in [0.1, 0.15) is 10.5 Å². The second kappa shape index (κ2) is 5.58. The van der Waals surface area contributed by atoms with Crippen LogP contribution in [0.4, 0.5) is 0 Å². The van der Waals surface area contributed by atoms with Crippen molar-refractivity contribution in [1.29, 1.82) is 0 Å². The lowest BCUT2D eigenvalue weighted by Gasteiger charge is -2.04. The summed E-state index contributed by atoms with van der Waals surface area (Å²) >= 11 is 6.95. The Hall–Kier alpha value is -1.72. The fourth-order valence-electron chi connectivity index (χ4n) is 2.39. The molecule has 0 fully saturated rings. The third-order valence-electron chi connectivity index (χ3n) is 3.23. The highest BCUT2D eigenvalue weighted by Gasteiger charge is 2.20. The van der Waals surface area contributed by atoms with Crippen LogP contribution in [0.3, 0.4) is 0 Å². The van der Waals surface area contributed by atoms with Gasteiger partial charge < -0.3 is 4.98 Å². The fourth-order valence-corrected chi connectivity index (χ4v) is 3.81. The maximum Gasteiger partial charge on any atom is 0.242 e. The SMILES string of the molecule is O=CC(=O)c1[nH]c2cc(Br)cc(Br)c2c1-c1ccccc1. The van der Waals surface area contributed by atoms with E-state index in [9.17, 15) is 9.59 Å². The molecule has 3 aromatic rings. The van der Waals surface area contributed by atoms with Gasteiger partial charge >= 0.3 is 0 Å². The van der Waals surface area contributed by atoms with E-state index in [1.807, 2.05) is 42.5 Å². The Bertz CT molecular complexity index is 854. The van der Waals surface area contributed by atoms with Crippen LogP contribution < -0.4 is 0 Å². The van der Waals surface area contributed by atoms with Gasteiger partial charge in [0.1, 0.15) is 0 Å². The van der Waals surface area contributed by atoms with Crippen LogP contribution in [0.25, 0.3) is 22.0 Å². The molecule has 0 aliphatic heterocycles. The number of Topliss-reactive ketones (excluding diaryl/α,β-unsaturated/α-hetero) is 1. The smallest absolute Gasteiger partial charge is 0.242 e. The molecule has 0 aliphatic carbocycles. The van der Waals surface area contributed by atoms with Gasteiger partial charge in [-0.1, -0.05) is 62.2 Å². The van der Waals surface area contributed by atoms with Crippen LogP contribution in [-0.4, -0.2) is 17.1 Å². The van der Waals surface area contributed by atoms with E-state index in [4.69, 9.17) is 0 Å². The minimum absolute atomic E-state index is 0.310. The summed E-state index contributed by atoms with van der Waals surface area (Å²) in [5.41, 5.74) is 2.73. The molecule has 0 spiro atoms. The van der Waals surface area contributed by atoms with Crippen molar-refractivity contribution >= 4 is 54.8 Å². The van der Waals surface area contributed by atoms with Gasteiger partial charge in [0.15, 0.2) is 6.29 Å². The number of hydrogen-bond acceptors (Lipinski definition) is 2. The second-order valence-corrected chi connectivity index (χ2v) is 6.30. The molecule has 0 saturated carbocycles. The lowest BCUT2D eigenvalue weighted by Crippen LogP contribution is -2.02. The van der Waals surface area contributed by atoms with Gasteiger partial charge in [-0.25, -0.2) is 0 Å². The van der Waals surface area contributed by atoms with E-state index in [0.717, 1.165) is 31.0 Å². The molecule has 1 aromatic heterocycles. The third kappa shape index (κ3) is 2.47. The number of halogens is 2. The van der Waals surface area contributed by atoms with Gasteiger partial charge in [0.05, 0.1) is 5.69 Å². The van der Waals surface area contributed by atoms with Gasteiger partial charge in [0, 0.05) is 25.4 Å². The van der Waals surface area contributed by atoms with E-state index in [0.29, 0.717) is 12.0 Å². The monoisotopic (exact) mass is 405 g/mol. The largest absolute Gasteiger partial charge is 0.351 e. The summed E-state index contributed by atoms with van der Waals surface area (Å²) in [7, 11) is 0. The molecule has 0 unspecified atom stereocenters. The number of benzene rings is 2. The topological polar surface area (TPSA) is 49.9 Å². The molecule has 3 rings (SSSR count). The first-order chi connectivity index (χ1) is 10.1. The number of aldehydes is 1. The van der Waals surface area contributed by atoms with Crippen molar-refractivity contribution in [2.75, 3.05) is 0 Å². The second-order valence-electron chi connectivity index (χ2n) is 4.53. The van der Waals surface area contributed by atoms with Crippen molar-refractivity contribution in [3.63, 3.8) is 0 Å². The standard InChI is InChI=1S/C16H9Br2NO2/c17-10-6-11(18)15-12(7-10)19-16(13(21)8-20)14(15)9-4-2-1-3-5-9/h1-8,19H. The van der Waals surface area contributed by atoms with Crippen molar-refractivity contribution in [1.82, 2.24) is 4.98 Å². The van der Waals surface area contributed by atoms with E-state index in [1.165, 1.54) is 0 Å². The van der Waals surface area contributed by atoms with E-state index in [-0.39, 0.29) is 0 Å². The van der Waals surface area contributed by atoms with Crippen LogP contribution in [0.15, 0.2) is 51.4 Å². The summed E-state index contributed by atoms with van der Waals surface area (Å²) in [6.07, 6.45) is 0.333. The molecule has 0 amide bonds. The number of carbonyl (C=O) groups excluding carboxylic acids is 2. The fraction of sp³-hybridized carbons (Fsp3) is 0. The number of carbonyl (C=O) groups is 2. The number of aromatic amines is 1. The number of rotatable bonds is 3. The average Bonchev–Trinajstić information content (AvgIpc) is 2.86. The summed E-state index contributed by atoms with van der Waals surface area (Å²) in [6.45, 7) is 0. The normalized spacial score (nSPS) is 10.8. The molecule has 21 heavy (non-hydrogen) atoms. The highest BCUT2D eigenvalue weighted by molar-refractivity contribution is 9.11. The van der Waals surface area contributed by atoms with Gasteiger partial charge in [-0.05, 0) is 17.7 Å². The van der Waals surface area contributed by atoms with Crippen molar-refractivity contribution in [3.05, 3.63) is 57.1 Å². The molecule has 104 valence electrons. The highest BCUT2D eigenvalue weighted by atomic mass is 79.9. The van der Waals surface area contributed by atoms with E-state index < -0.39 is 5.78 Å². The number of ketones is 1. The molecule has 0 atom stereocenters. The van der Waals surface area contributed by atoms with Crippen LogP contribution >= 0.6 is 31.9 Å². The summed E-state index contributed by atoms with van der Waals surface area (Å²) in [6, 6.07) is 13.3. The number of H-pyrrole nitrogens is 1. The van der Waals surface area contributed by atoms with E-state index in [1.54, 1.807) is 0 Å². The summed E-state index contributed by atoms with van der Waals surface area (Å²) in [4.78, 5) is 25.9. The summed E-state index contributed by atoms with van der Waals surface area (Å²) in [5.74, 6) is -0.562. The Labute approximate surface area is 137 Å². The summed E-state index contributed by atoms with van der Waals surface area (Å²) in [5, 5.41) is 0.884. The minimum Gasteiger partial charge on any atom is -0.351 e. The molecule has 1 N–H and O–H groups in total. The van der Waals surface area contributed by atoms with Crippen molar-refractivity contribution in [3.8, 4) is 11.1 Å². The number of hydrogen-bond donors (Lipinski definition) is 1. The quantitative estimate of drug-likeness (QED) is 0.388. The Morgan fingerprint density at radius 2 is 1.81 bits per heavy atom. The summed E-state index contributed by atoms with van der Waals surface area (Å²) < 4.78 is 1.74. The molecule has 0 bridgehead atoms. The molecule has 0 radical (unpaired) electrons. The Balaban J connectivity index is 2.44. The number of aromatic nitrogens is 1. The Morgan fingerprint density at radius 3 is 2.48 bits per heavy atom. The Morgan fingerprint density at radius 1 is 1.10 bits per heavy atom. The average molecular weight is 407 g/mol. The third-order valence-corrected chi connectivity index (χ3v) is 4.31. The van der Waals surface area contributed by atoms with Gasteiger partial charge in [-0.15, -0.1) is 0 Å². The number of nitrogens with one attached hydrogen (secondary N) is 1. The lowest BCUT2D eigenvalue weighted by atomic mass is 10.0. The number of fused-ring (bicyclic) bond motifs is 1. The van der Waals surface area contributed by atoms with Gasteiger partial charge in [-0.2, -0.15) is 0 Å². The first-order valence-corrected chi connectivity index (χ1v) is 7.76. The molecule has 2 aromatic carbocycles. The zero-order valence-electron chi connectivity index (χ0n) is 10.7. The van der Waals surface area contributed by atoms with Crippen molar-refractivity contribution < 1.29 is 9.59 Å².